The van der Waals surface area contributed by atoms with Gasteiger partial charge in [0, 0.05) is 30.6 Å². The molecule has 108 valence electrons. The average Bonchev–Trinajstić information content (AvgIpc) is 2.81. The molecule has 0 bridgehead atoms. The highest BCUT2D eigenvalue weighted by Crippen LogP contribution is 2.21. The summed E-state index contributed by atoms with van der Waals surface area (Å²) in [6.07, 6.45) is 0. The summed E-state index contributed by atoms with van der Waals surface area (Å²) in [5, 5.41) is 23.3. The van der Waals surface area contributed by atoms with Gasteiger partial charge in [-0.15, -0.1) is 12.4 Å². The van der Waals surface area contributed by atoms with Crippen molar-refractivity contribution in [3.63, 3.8) is 0 Å². The van der Waals surface area contributed by atoms with E-state index in [0.29, 0.717) is 24.0 Å². The predicted molar refractivity (Wildman–Crippen MR) is 76.3 cm³/mol. The van der Waals surface area contributed by atoms with Gasteiger partial charge in [0.2, 0.25) is 0 Å². The van der Waals surface area contributed by atoms with Crippen molar-refractivity contribution in [2.75, 3.05) is 20.1 Å². The van der Waals surface area contributed by atoms with Crippen LogP contribution < -0.4 is 10.6 Å². The molecule has 20 heavy (non-hydrogen) atoms. The Morgan fingerprint density at radius 2 is 2.20 bits per heavy atom. The lowest BCUT2D eigenvalue weighted by molar-refractivity contribution is -0.384. The minimum Gasteiger partial charge on any atom is -0.349 e. The van der Waals surface area contributed by atoms with Crippen molar-refractivity contribution in [2.45, 2.75) is 0 Å². The fourth-order valence-electron chi connectivity index (χ4n) is 1.67. The number of nitrogens with zero attached hydrogens (tertiary/aromatic N) is 2. The van der Waals surface area contributed by atoms with E-state index in [2.05, 4.69) is 20.8 Å². The lowest BCUT2D eigenvalue weighted by Crippen LogP contribution is -2.30. The van der Waals surface area contributed by atoms with Crippen LogP contribution in [0.3, 0.4) is 0 Å². The molecular formula is C11H14ClN5O3. The minimum absolute atomic E-state index is 0. The van der Waals surface area contributed by atoms with Crippen molar-refractivity contribution in [1.29, 1.82) is 0 Å². The van der Waals surface area contributed by atoms with Gasteiger partial charge in [0.05, 0.1) is 10.4 Å². The molecule has 1 aromatic heterocycles. The van der Waals surface area contributed by atoms with Gasteiger partial charge in [0.25, 0.3) is 11.6 Å². The van der Waals surface area contributed by atoms with E-state index < -0.39 is 4.92 Å². The van der Waals surface area contributed by atoms with E-state index in [-0.39, 0.29) is 29.7 Å². The Bertz CT molecular complexity index is 628. The normalized spacial score (nSPS) is 10.1. The van der Waals surface area contributed by atoms with Crippen molar-refractivity contribution in [3.8, 4) is 0 Å². The number of aromatic nitrogens is 2. The van der Waals surface area contributed by atoms with Gasteiger partial charge < -0.3 is 10.6 Å². The third-order valence-electron chi connectivity index (χ3n) is 2.63. The Kier molecular flexibility index (Phi) is 5.42. The number of amides is 1. The summed E-state index contributed by atoms with van der Waals surface area (Å²) in [7, 11) is 1.78. The highest BCUT2D eigenvalue weighted by Gasteiger charge is 2.16. The summed E-state index contributed by atoms with van der Waals surface area (Å²) in [6, 6.07) is 4.24. The number of carbonyl (C=O) groups excluding carboxylic acids is 1. The molecular weight excluding hydrogens is 286 g/mol. The van der Waals surface area contributed by atoms with E-state index in [1.807, 2.05) is 0 Å². The Balaban J connectivity index is 0.00000200. The second-order valence-electron chi connectivity index (χ2n) is 3.92. The summed E-state index contributed by atoms with van der Waals surface area (Å²) >= 11 is 0. The number of H-pyrrole nitrogens is 1. The van der Waals surface area contributed by atoms with Crippen molar-refractivity contribution in [1.82, 2.24) is 20.8 Å². The zero-order chi connectivity index (χ0) is 13.8. The van der Waals surface area contributed by atoms with Crippen molar-refractivity contribution < 1.29 is 9.72 Å². The molecule has 0 unspecified atom stereocenters. The minimum atomic E-state index is -0.505. The average molecular weight is 300 g/mol. The zero-order valence-corrected chi connectivity index (χ0v) is 11.5. The Hall–Kier alpha value is -2.19. The molecule has 0 radical (unpaired) electrons. The number of non-ortho nitro benzene ring substituents is 1. The van der Waals surface area contributed by atoms with Crippen LogP contribution in [0.2, 0.25) is 0 Å². The highest BCUT2D eigenvalue weighted by atomic mass is 35.5. The topological polar surface area (TPSA) is 113 Å². The molecule has 8 nitrogen and oxygen atoms in total. The van der Waals surface area contributed by atoms with Gasteiger partial charge in [-0.1, -0.05) is 0 Å². The van der Waals surface area contributed by atoms with Gasteiger partial charge in [-0.05, 0) is 13.1 Å². The standard InChI is InChI=1S/C11H13N5O3.ClH/c1-12-4-5-13-11(17)10-8-6-7(16(18)19)2-3-9(8)14-15-10;/h2-3,6,12H,4-5H2,1H3,(H,13,17)(H,14,15);1H. The molecule has 1 amide bonds. The highest BCUT2D eigenvalue weighted by molar-refractivity contribution is 6.05. The van der Waals surface area contributed by atoms with E-state index in [9.17, 15) is 14.9 Å². The van der Waals surface area contributed by atoms with Crippen LogP contribution in [0, 0.1) is 10.1 Å². The first-order chi connectivity index (χ1) is 9.13. The summed E-state index contributed by atoms with van der Waals surface area (Å²) in [5.74, 6) is -0.359. The van der Waals surface area contributed by atoms with E-state index in [1.165, 1.54) is 18.2 Å². The monoisotopic (exact) mass is 299 g/mol. The molecule has 9 heteroatoms. The predicted octanol–water partition coefficient (Wildman–Crippen LogP) is 0.842. The number of nitrogens with one attached hydrogen (secondary N) is 3. The molecule has 0 aliphatic heterocycles. The van der Waals surface area contributed by atoms with Crippen molar-refractivity contribution in [2.24, 2.45) is 0 Å². The van der Waals surface area contributed by atoms with Crippen molar-refractivity contribution >= 4 is 34.9 Å². The van der Waals surface area contributed by atoms with Crippen LogP contribution in [0.5, 0.6) is 0 Å². The second kappa shape index (κ2) is 6.83. The van der Waals surface area contributed by atoms with Gasteiger partial charge in [-0.25, -0.2) is 0 Å². The molecule has 0 aliphatic rings. The number of fused-ring (bicyclic) bond motifs is 1. The molecule has 2 aromatic rings. The molecule has 1 heterocycles. The summed E-state index contributed by atoms with van der Waals surface area (Å²) in [5.41, 5.74) is 0.678. The quantitative estimate of drug-likeness (QED) is 0.430. The maximum absolute atomic E-state index is 11.9. The van der Waals surface area contributed by atoms with Gasteiger partial charge >= 0.3 is 0 Å². The number of likely N-dealkylation sites (N-methyl/N-ethyl adjacent to an activating group) is 1. The Morgan fingerprint density at radius 1 is 1.45 bits per heavy atom. The number of benzene rings is 1. The molecule has 2 rings (SSSR count). The fourth-order valence-corrected chi connectivity index (χ4v) is 1.67. The van der Waals surface area contributed by atoms with Crippen LogP contribution in [-0.2, 0) is 0 Å². The SMILES string of the molecule is CNCCNC(=O)c1n[nH]c2ccc([N+](=O)[O-])cc12.Cl. The lowest BCUT2D eigenvalue weighted by atomic mass is 10.2. The second-order valence-corrected chi connectivity index (χ2v) is 3.92. The van der Waals surface area contributed by atoms with Gasteiger partial charge in [0.15, 0.2) is 5.69 Å². The van der Waals surface area contributed by atoms with Gasteiger partial charge in [-0.2, -0.15) is 5.10 Å². The Morgan fingerprint density at radius 3 is 2.85 bits per heavy atom. The molecule has 0 aliphatic carbocycles. The number of halogens is 1. The first kappa shape index (κ1) is 15.9. The maximum Gasteiger partial charge on any atom is 0.272 e. The van der Waals surface area contributed by atoms with E-state index >= 15 is 0 Å². The molecule has 0 fully saturated rings. The Labute approximate surface area is 120 Å². The van der Waals surface area contributed by atoms with E-state index in [0.717, 1.165) is 0 Å². The molecule has 0 spiro atoms. The molecule has 0 saturated heterocycles. The zero-order valence-electron chi connectivity index (χ0n) is 10.7. The third kappa shape index (κ3) is 3.22. The maximum atomic E-state index is 11.9. The van der Waals surface area contributed by atoms with Crippen LogP contribution in [0.25, 0.3) is 10.9 Å². The number of carbonyl (C=O) groups is 1. The van der Waals surface area contributed by atoms with Crippen LogP contribution in [0.4, 0.5) is 5.69 Å². The van der Waals surface area contributed by atoms with E-state index in [4.69, 9.17) is 0 Å². The number of nitro benzene ring substituents is 1. The van der Waals surface area contributed by atoms with Gasteiger partial charge in [0.1, 0.15) is 0 Å². The number of hydrogen-bond acceptors (Lipinski definition) is 5. The smallest absolute Gasteiger partial charge is 0.272 e. The molecule has 0 atom stereocenters. The van der Waals surface area contributed by atoms with Gasteiger partial charge in [-0.3, -0.25) is 20.0 Å². The first-order valence-electron chi connectivity index (χ1n) is 5.69. The number of aromatic amines is 1. The van der Waals surface area contributed by atoms with Crippen LogP contribution in [0.15, 0.2) is 18.2 Å². The molecule has 0 saturated carbocycles. The molecule has 3 N–H and O–H groups in total. The first-order valence-corrected chi connectivity index (χ1v) is 5.69. The summed E-state index contributed by atoms with van der Waals surface area (Å²) < 4.78 is 0. The number of rotatable bonds is 5. The van der Waals surface area contributed by atoms with Crippen LogP contribution in [-0.4, -0.2) is 41.2 Å². The van der Waals surface area contributed by atoms with Crippen molar-refractivity contribution in [3.05, 3.63) is 34.0 Å². The number of nitro groups is 1. The van der Waals surface area contributed by atoms with Crippen LogP contribution in [0.1, 0.15) is 10.5 Å². The molecule has 1 aromatic carbocycles. The van der Waals surface area contributed by atoms with Crippen LogP contribution >= 0.6 is 12.4 Å². The summed E-state index contributed by atoms with van der Waals surface area (Å²) in [6.45, 7) is 1.09. The summed E-state index contributed by atoms with van der Waals surface area (Å²) in [4.78, 5) is 22.1. The lowest BCUT2D eigenvalue weighted by Gasteiger charge is -2.02. The fraction of sp³-hybridized carbons (Fsp3) is 0.273. The van der Waals surface area contributed by atoms with E-state index in [1.54, 1.807) is 7.05 Å². The number of hydrogen-bond donors (Lipinski definition) is 3. The third-order valence-corrected chi connectivity index (χ3v) is 2.63. The largest absolute Gasteiger partial charge is 0.349 e.